The Labute approximate surface area is 189 Å². The molecule has 1 saturated heterocycles. The van der Waals surface area contributed by atoms with Gasteiger partial charge in [0.1, 0.15) is 4.34 Å². The molecule has 5 rings (SSSR count). The summed E-state index contributed by atoms with van der Waals surface area (Å²) in [4.78, 5) is 33.0. The molecule has 0 saturated carbocycles. The third-order valence-electron chi connectivity index (χ3n) is 6.16. The van der Waals surface area contributed by atoms with E-state index in [2.05, 4.69) is 28.5 Å². The molecular weight excluding hydrogens is 432 g/mol. The number of nitrogens with zero attached hydrogens (tertiary/aromatic N) is 3. The maximum atomic E-state index is 13.2. The zero-order valence-corrected chi connectivity index (χ0v) is 18.5. The lowest BCUT2D eigenvalue weighted by atomic mass is 9.80. The van der Waals surface area contributed by atoms with Crippen LogP contribution in [-0.4, -0.2) is 41.5 Å². The van der Waals surface area contributed by atoms with Gasteiger partial charge in [0.05, 0.1) is 6.20 Å². The number of carbonyl (C=O) groups excluding carboxylic acids is 2. The summed E-state index contributed by atoms with van der Waals surface area (Å²) in [5.74, 6) is 0.0676. The van der Waals surface area contributed by atoms with Crippen molar-refractivity contribution >= 4 is 45.7 Å². The number of aromatic nitrogens is 1. The standard InChI is InChI=1S/C23H21ClN4O2S/c1-15(29)27-10-9-23(13-27)14-28(22(30)26-21-25-12-20(24)31-21)19-8-7-17(11-18(19)23)16-5-3-2-4-6-16/h2-8,11-12H,9-10,13-14H2,1H3,(H,25,26,30). The third kappa shape index (κ3) is 3.58. The zero-order valence-electron chi connectivity index (χ0n) is 17.0. The molecule has 2 aliphatic heterocycles. The Morgan fingerprint density at radius 1 is 1.13 bits per heavy atom. The molecule has 0 bridgehead atoms. The van der Waals surface area contributed by atoms with E-state index < -0.39 is 0 Å². The highest BCUT2D eigenvalue weighted by Gasteiger charge is 2.49. The predicted molar refractivity (Wildman–Crippen MR) is 124 cm³/mol. The maximum absolute atomic E-state index is 13.2. The second-order valence-electron chi connectivity index (χ2n) is 8.05. The smallest absolute Gasteiger partial charge is 0.328 e. The van der Waals surface area contributed by atoms with Crippen LogP contribution in [0.5, 0.6) is 0 Å². The number of hydrogen-bond donors (Lipinski definition) is 1. The second-order valence-corrected chi connectivity index (χ2v) is 9.72. The van der Waals surface area contributed by atoms with Gasteiger partial charge in [-0.3, -0.25) is 15.0 Å². The van der Waals surface area contributed by atoms with Gasteiger partial charge in [0.15, 0.2) is 5.13 Å². The predicted octanol–water partition coefficient (Wildman–Crippen LogP) is 5.01. The molecule has 2 aliphatic rings. The number of hydrogen-bond acceptors (Lipinski definition) is 4. The van der Waals surface area contributed by atoms with E-state index in [1.165, 1.54) is 17.5 Å². The molecular formula is C23H21ClN4O2S. The fourth-order valence-electron chi connectivity index (χ4n) is 4.62. The summed E-state index contributed by atoms with van der Waals surface area (Å²) in [5, 5.41) is 3.33. The Kier molecular flexibility index (Phi) is 4.95. The van der Waals surface area contributed by atoms with E-state index in [-0.39, 0.29) is 17.4 Å². The van der Waals surface area contributed by atoms with Crippen LogP contribution in [0, 0.1) is 0 Å². The van der Waals surface area contributed by atoms with Gasteiger partial charge in [-0.25, -0.2) is 9.78 Å². The van der Waals surface area contributed by atoms with Gasteiger partial charge in [-0.15, -0.1) is 0 Å². The van der Waals surface area contributed by atoms with E-state index >= 15 is 0 Å². The van der Waals surface area contributed by atoms with E-state index in [1.807, 2.05) is 35.2 Å². The summed E-state index contributed by atoms with van der Waals surface area (Å²) in [6.07, 6.45) is 2.35. The van der Waals surface area contributed by atoms with Crippen LogP contribution >= 0.6 is 22.9 Å². The van der Waals surface area contributed by atoms with Gasteiger partial charge in [-0.05, 0) is 35.2 Å². The fourth-order valence-corrected chi connectivity index (χ4v) is 5.42. The van der Waals surface area contributed by atoms with E-state index in [0.29, 0.717) is 29.1 Å². The van der Waals surface area contributed by atoms with Gasteiger partial charge >= 0.3 is 6.03 Å². The number of amides is 3. The Morgan fingerprint density at radius 3 is 2.61 bits per heavy atom. The number of thiazole rings is 1. The van der Waals surface area contributed by atoms with Gasteiger partial charge in [0.2, 0.25) is 5.91 Å². The van der Waals surface area contributed by atoms with Crippen LogP contribution in [0.4, 0.5) is 15.6 Å². The number of benzene rings is 2. The normalized spacial score (nSPS) is 19.7. The number of urea groups is 1. The lowest BCUT2D eigenvalue weighted by Gasteiger charge is -2.25. The Bertz CT molecular complexity index is 1170. The molecule has 1 fully saturated rings. The molecule has 3 aromatic rings. The maximum Gasteiger partial charge on any atom is 0.328 e. The van der Waals surface area contributed by atoms with Crippen molar-refractivity contribution in [1.82, 2.24) is 9.88 Å². The first-order valence-corrected chi connectivity index (χ1v) is 11.3. The summed E-state index contributed by atoms with van der Waals surface area (Å²) >= 11 is 7.18. The Balaban J connectivity index is 1.53. The molecule has 6 nitrogen and oxygen atoms in total. The number of anilines is 2. The monoisotopic (exact) mass is 452 g/mol. The van der Waals surface area contributed by atoms with Crippen LogP contribution < -0.4 is 10.2 Å². The van der Waals surface area contributed by atoms with Crippen molar-refractivity contribution in [3.05, 3.63) is 64.6 Å². The summed E-state index contributed by atoms with van der Waals surface area (Å²) < 4.78 is 0.522. The minimum atomic E-state index is -0.274. The van der Waals surface area contributed by atoms with Gasteiger partial charge in [0, 0.05) is 37.7 Å². The molecule has 31 heavy (non-hydrogen) atoms. The first kappa shape index (κ1) is 20.0. The average Bonchev–Trinajstić information content (AvgIpc) is 3.47. The number of halogens is 1. The van der Waals surface area contributed by atoms with Crippen LogP contribution in [0.1, 0.15) is 18.9 Å². The molecule has 1 N–H and O–H groups in total. The largest absolute Gasteiger partial charge is 0.342 e. The van der Waals surface area contributed by atoms with Gasteiger partial charge in [-0.1, -0.05) is 59.3 Å². The van der Waals surface area contributed by atoms with Gasteiger partial charge in [0.25, 0.3) is 0 Å². The zero-order chi connectivity index (χ0) is 21.6. The van der Waals surface area contributed by atoms with Crippen LogP contribution in [-0.2, 0) is 10.2 Å². The van der Waals surface area contributed by atoms with Crippen LogP contribution in [0.25, 0.3) is 11.1 Å². The number of rotatable bonds is 2. The van der Waals surface area contributed by atoms with Crippen molar-refractivity contribution in [3.63, 3.8) is 0 Å². The van der Waals surface area contributed by atoms with Crippen molar-refractivity contribution in [2.75, 3.05) is 29.9 Å². The highest BCUT2D eigenvalue weighted by Crippen LogP contribution is 2.48. The van der Waals surface area contributed by atoms with Crippen molar-refractivity contribution < 1.29 is 9.59 Å². The average molecular weight is 453 g/mol. The lowest BCUT2D eigenvalue weighted by molar-refractivity contribution is -0.127. The molecule has 8 heteroatoms. The number of carbonyl (C=O) groups is 2. The quantitative estimate of drug-likeness (QED) is 0.594. The van der Waals surface area contributed by atoms with Crippen LogP contribution in [0.15, 0.2) is 54.7 Å². The number of nitrogens with one attached hydrogen (secondary N) is 1. The van der Waals surface area contributed by atoms with E-state index in [9.17, 15) is 9.59 Å². The fraction of sp³-hybridized carbons (Fsp3) is 0.261. The van der Waals surface area contributed by atoms with E-state index in [1.54, 1.807) is 11.8 Å². The molecule has 158 valence electrons. The molecule has 3 amide bonds. The minimum Gasteiger partial charge on any atom is -0.342 e. The summed E-state index contributed by atoms with van der Waals surface area (Å²) in [6, 6.07) is 16.2. The second kappa shape index (κ2) is 7.66. The van der Waals surface area contributed by atoms with Crippen LogP contribution in [0.2, 0.25) is 4.34 Å². The molecule has 1 unspecified atom stereocenters. The summed E-state index contributed by atoms with van der Waals surface area (Å²) in [7, 11) is 0. The first-order chi connectivity index (χ1) is 14.9. The van der Waals surface area contributed by atoms with Crippen molar-refractivity contribution in [2.45, 2.75) is 18.8 Å². The molecule has 2 aromatic carbocycles. The van der Waals surface area contributed by atoms with Gasteiger partial charge < -0.3 is 4.90 Å². The molecule has 0 aliphatic carbocycles. The third-order valence-corrected chi connectivity index (χ3v) is 7.19. The SMILES string of the molecule is CC(=O)N1CCC2(C1)CN(C(=O)Nc1ncc(Cl)s1)c1ccc(-c3ccccc3)cc12. The van der Waals surface area contributed by atoms with Crippen molar-refractivity contribution in [3.8, 4) is 11.1 Å². The number of fused-ring (bicyclic) bond motifs is 2. The Morgan fingerprint density at radius 2 is 1.94 bits per heavy atom. The first-order valence-electron chi connectivity index (χ1n) is 10.1. The number of likely N-dealkylation sites (tertiary alicyclic amines) is 1. The van der Waals surface area contributed by atoms with Crippen molar-refractivity contribution in [2.24, 2.45) is 0 Å². The highest BCUT2D eigenvalue weighted by atomic mass is 35.5. The molecule has 1 spiro atoms. The van der Waals surface area contributed by atoms with Gasteiger partial charge in [-0.2, -0.15) is 0 Å². The van der Waals surface area contributed by atoms with E-state index in [4.69, 9.17) is 11.6 Å². The summed E-state index contributed by atoms with van der Waals surface area (Å²) in [5.41, 5.74) is 3.95. The molecule has 3 heterocycles. The molecule has 0 radical (unpaired) electrons. The summed E-state index contributed by atoms with van der Waals surface area (Å²) in [6.45, 7) is 3.43. The Hall–Kier alpha value is -2.90. The van der Waals surface area contributed by atoms with Crippen LogP contribution in [0.3, 0.4) is 0 Å². The highest BCUT2D eigenvalue weighted by molar-refractivity contribution is 7.19. The molecule has 1 aromatic heterocycles. The molecule has 1 atom stereocenters. The minimum absolute atomic E-state index is 0.0676. The van der Waals surface area contributed by atoms with Crippen molar-refractivity contribution in [1.29, 1.82) is 0 Å². The van der Waals surface area contributed by atoms with E-state index in [0.717, 1.165) is 28.8 Å². The lowest BCUT2D eigenvalue weighted by Crippen LogP contribution is -2.41. The topological polar surface area (TPSA) is 65.5 Å².